The molecule has 0 aliphatic rings. The number of hydrogen-bond acceptors (Lipinski definition) is 5. The number of pyridine rings is 1. The van der Waals surface area contributed by atoms with Crippen LogP contribution in [0.2, 0.25) is 0 Å². The fourth-order valence-electron chi connectivity index (χ4n) is 4.45. The van der Waals surface area contributed by atoms with Gasteiger partial charge in [0.1, 0.15) is 23.3 Å². The zero-order valence-corrected chi connectivity index (χ0v) is 22.1. The van der Waals surface area contributed by atoms with Gasteiger partial charge in [0.25, 0.3) is 0 Å². The summed E-state index contributed by atoms with van der Waals surface area (Å²) in [5.41, 5.74) is 7.31. The first-order chi connectivity index (χ1) is 16.8. The zero-order chi connectivity index (χ0) is 25.1. The Morgan fingerprint density at radius 2 is 1.83 bits per heavy atom. The summed E-state index contributed by atoms with van der Waals surface area (Å²) in [5.74, 6) is 2.12. The van der Waals surface area contributed by atoms with Gasteiger partial charge in [-0.1, -0.05) is 44.2 Å². The number of aromatic nitrogens is 3. The molecule has 2 aromatic heterocycles. The van der Waals surface area contributed by atoms with Crippen molar-refractivity contribution in [3.05, 3.63) is 70.9 Å². The highest BCUT2D eigenvalue weighted by Crippen LogP contribution is 2.36. The van der Waals surface area contributed by atoms with Crippen LogP contribution in [0.1, 0.15) is 42.0 Å². The van der Waals surface area contributed by atoms with Gasteiger partial charge in [-0.2, -0.15) is 0 Å². The highest BCUT2D eigenvalue weighted by molar-refractivity contribution is 7.90. The van der Waals surface area contributed by atoms with Gasteiger partial charge in [-0.15, -0.1) is 0 Å². The molecule has 0 amide bonds. The smallest absolute Gasteiger partial charge is 0.247 e. The molecule has 0 aliphatic heterocycles. The summed E-state index contributed by atoms with van der Waals surface area (Å²) in [5, 5.41) is 0.613. The Hall–Kier alpha value is -2.87. The summed E-state index contributed by atoms with van der Waals surface area (Å²) >= 11 is -1.16. The summed E-state index contributed by atoms with van der Waals surface area (Å²) in [4.78, 5) is 9.49. The lowest BCUT2D eigenvalue weighted by Crippen LogP contribution is -2.08. The van der Waals surface area contributed by atoms with E-state index in [4.69, 9.17) is 14.5 Å². The molecule has 0 saturated heterocycles. The maximum Gasteiger partial charge on any atom is 0.247 e. The van der Waals surface area contributed by atoms with Gasteiger partial charge in [0.15, 0.2) is 0 Å². The molecule has 4 rings (SSSR count). The monoisotopic (exact) mass is 491 g/mol. The van der Waals surface area contributed by atoms with Crippen LogP contribution in [-0.4, -0.2) is 46.2 Å². The third-order valence-electron chi connectivity index (χ3n) is 6.42. The van der Waals surface area contributed by atoms with Crippen molar-refractivity contribution in [1.29, 1.82) is 0 Å². The average molecular weight is 492 g/mol. The van der Waals surface area contributed by atoms with Crippen LogP contribution in [0, 0.1) is 6.92 Å². The van der Waals surface area contributed by atoms with Crippen molar-refractivity contribution in [2.24, 2.45) is 0 Å². The van der Waals surface area contributed by atoms with Crippen molar-refractivity contribution in [3.63, 3.8) is 0 Å². The lowest BCUT2D eigenvalue weighted by atomic mass is 9.99. The van der Waals surface area contributed by atoms with E-state index in [9.17, 15) is 4.55 Å². The largest absolute Gasteiger partial charge is 0.610 e. The van der Waals surface area contributed by atoms with E-state index in [1.54, 1.807) is 26.7 Å². The standard InChI is InChI=1S/C28H33N3O3S/c1-18(2)20-9-11-21(12-10-20)27-30-25-19(3)23(16-22-8-7-13-29-28(22)35(6)32)17-24(34-5)26(25)31(27)14-15-33-4/h7-13,17-18H,14-16H2,1-6H3. The maximum atomic E-state index is 12.2. The Labute approximate surface area is 210 Å². The second-order valence-corrected chi connectivity index (χ2v) is 10.3. The molecule has 6 nitrogen and oxygen atoms in total. The highest BCUT2D eigenvalue weighted by Gasteiger charge is 2.22. The third kappa shape index (κ3) is 5.08. The first-order valence-electron chi connectivity index (χ1n) is 11.8. The van der Waals surface area contributed by atoms with Crippen molar-refractivity contribution in [2.75, 3.05) is 27.1 Å². The molecule has 0 bridgehead atoms. The summed E-state index contributed by atoms with van der Waals surface area (Å²) in [6.45, 7) is 7.70. The number of rotatable bonds is 9. The van der Waals surface area contributed by atoms with Crippen LogP contribution >= 0.6 is 0 Å². The molecule has 184 valence electrons. The van der Waals surface area contributed by atoms with E-state index < -0.39 is 11.2 Å². The molecule has 1 atom stereocenters. The molecule has 0 fully saturated rings. The second-order valence-electron chi connectivity index (χ2n) is 9.02. The Morgan fingerprint density at radius 3 is 2.46 bits per heavy atom. The molecule has 4 aromatic rings. The van der Waals surface area contributed by atoms with Crippen LogP contribution in [0.3, 0.4) is 0 Å². The van der Waals surface area contributed by atoms with E-state index in [0.717, 1.165) is 44.9 Å². The number of imidazole rings is 1. The first-order valence-corrected chi connectivity index (χ1v) is 13.3. The van der Waals surface area contributed by atoms with E-state index >= 15 is 0 Å². The van der Waals surface area contributed by atoms with Gasteiger partial charge in [0, 0.05) is 48.6 Å². The van der Waals surface area contributed by atoms with Crippen molar-refractivity contribution in [2.45, 2.75) is 44.7 Å². The molecule has 0 saturated carbocycles. The fourth-order valence-corrected chi connectivity index (χ4v) is 5.17. The van der Waals surface area contributed by atoms with Crippen LogP contribution in [0.4, 0.5) is 0 Å². The first kappa shape index (κ1) is 25.2. The molecule has 0 spiro atoms. The predicted octanol–water partition coefficient (Wildman–Crippen LogP) is 5.51. The molecule has 0 radical (unpaired) electrons. The fraction of sp³-hybridized carbons (Fsp3) is 0.357. The van der Waals surface area contributed by atoms with Crippen molar-refractivity contribution < 1.29 is 14.0 Å². The van der Waals surface area contributed by atoms with E-state index in [2.05, 4.69) is 60.7 Å². The minimum Gasteiger partial charge on any atom is -0.610 e. The number of nitrogens with zero attached hydrogens (tertiary/aromatic N) is 3. The summed E-state index contributed by atoms with van der Waals surface area (Å²) in [6, 6.07) is 14.6. The minimum absolute atomic E-state index is 0.469. The van der Waals surface area contributed by atoms with Crippen LogP contribution in [-0.2, 0) is 28.9 Å². The number of methoxy groups -OCH3 is 2. The average Bonchev–Trinajstić information content (AvgIpc) is 3.24. The molecule has 2 heterocycles. The molecule has 1 unspecified atom stereocenters. The predicted molar refractivity (Wildman–Crippen MR) is 142 cm³/mol. The number of ether oxygens (including phenoxy) is 2. The van der Waals surface area contributed by atoms with Crippen molar-refractivity contribution in [3.8, 4) is 17.1 Å². The van der Waals surface area contributed by atoms with Gasteiger partial charge >= 0.3 is 0 Å². The van der Waals surface area contributed by atoms with E-state index in [1.807, 2.05) is 12.1 Å². The Kier molecular flexibility index (Phi) is 7.79. The number of benzene rings is 2. The third-order valence-corrected chi connectivity index (χ3v) is 7.33. The molecule has 2 aromatic carbocycles. The highest BCUT2D eigenvalue weighted by atomic mass is 32.2. The Balaban J connectivity index is 1.89. The number of aryl methyl sites for hydroxylation is 1. The lowest BCUT2D eigenvalue weighted by Gasteiger charge is -2.15. The van der Waals surface area contributed by atoms with Crippen molar-refractivity contribution in [1.82, 2.24) is 14.5 Å². The molecule has 0 N–H and O–H groups in total. The van der Waals surface area contributed by atoms with E-state index in [0.29, 0.717) is 30.5 Å². The molecule has 7 heteroatoms. The van der Waals surface area contributed by atoms with Crippen LogP contribution in [0.15, 0.2) is 53.7 Å². The van der Waals surface area contributed by atoms with Gasteiger partial charge in [-0.3, -0.25) is 0 Å². The van der Waals surface area contributed by atoms with Crippen LogP contribution in [0.5, 0.6) is 5.75 Å². The SMILES string of the molecule is COCCn1c(-c2ccc(C(C)C)cc2)nc2c(C)c(Cc3cccnc3[S+](C)[O-])cc(OC)c21. The Morgan fingerprint density at radius 1 is 1.09 bits per heavy atom. The molecular weight excluding hydrogens is 458 g/mol. The van der Waals surface area contributed by atoms with E-state index in [-0.39, 0.29) is 0 Å². The van der Waals surface area contributed by atoms with Crippen LogP contribution < -0.4 is 4.74 Å². The summed E-state index contributed by atoms with van der Waals surface area (Å²) in [6.07, 6.45) is 3.95. The molecule has 35 heavy (non-hydrogen) atoms. The normalized spacial score (nSPS) is 12.5. The number of hydrogen-bond donors (Lipinski definition) is 0. The second kappa shape index (κ2) is 10.8. The zero-order valence-electron chi connectivity index (χ0n) is 21.3. The van der Waals surface area contributed by atoms with E-state index in [1.165, 1.54) is 5.56 Å². The van der Waals surface area contributed by atoms with Crippen molar-refractivity contribution >= 4 is 22.2 Å². The van der Waals surface area contributed by atoms with Crippen LogP contribution in [0.25, 0.3) is 22.4 Å². The maximum absolute atomic E-state index is 12.2. The lowest BCUT2D eigenvalue weighted by molar-refractivity contribution is 0.188. The van der Waals surface area contributed by atoms with Gasteiger partial charge in [-0.25, -0.2) is 9.97 Å². The topological polar surface area (TPSA) is 72.2 Å². The van der Waals surface area contributed by atoms with Gasteiger partial charge < -0.3 is 18.6 Å². The summed E-state index contributed by atoms with van der Waals surface area (Å²) in [7, 11) is 3.40. The quantitative estimate of drug-likeness (QED) is 0.289. The van der Waals surface area contributed by atoms with Gasteiger partial charge in [0.05, 0.1) is 19.2 Å². The number of fused-ring (bicyclic) bond motifs is 1. The molecular formula is C28H33N3O3S. The van der Waals surface area contributed by atoms with Gasteiger partial charge in [-0.05, 0) is 41.7 Å². The summed E-state index contributed by atoms with van der Waals surface area (Å²) < 4.78 is 25.7. The van der Waals surface area contributed by atoms with Gasteiger partial charge in [0.2, 0.25) is 5.03 Å². The minimum atomic E-state index is -1.16. The Bertz CT molecular complexity index is 1310. The molecule has 0 aliphatic carbocycles.